The topological polar surface area (TPSA) is 58.4 Å². The highest BCUT2D eigenvalue weighted by atomic mass is 19.1. The molecule has 1 amide bonds. The lowest BCUT2D eigenvalue weighted by Gasteiger charge is -2.18. The van der Waals surface area contributed by atoms with Gasteiger partial charge in [-0.15, -0.1) is 0 Å². The molecule has 3 rings (SSSR count). The molecule has 1 aliphatic heterocycles. The molecule has 2 aromatic rings. The Morgan fingerprint density at radius 2 is 2.22 bits per heavy atom. The van der Waals surface area contributed by atoms with E-state index in [1.807, 2.05) is 6.92 Å². The first kappa shape index (κ1) is 15.5. The number of carbonyl (C=O) groups is 1. The molecule has 0 bridgehead atoms. The Morgan fingerprint density at radius 3 is 2.91 bits per heavy atom. The number of nitrogens with one attached hydrogen (secondary N) is 1. The second-order valence-electron chi connectivity index (χ2n) is 5.99. The van der Waals surface area contributed by atoms with Gasteiger partial charge in [0.05, 0.1) is 12.1 Å². The number of benzene rings is 1. The van der Waals surface area contributed by atoms with Crippen LogP contribution in [0.4, 0.5) is 10.1 Å². The molecular weight excluding hydrogens is 297 g/mol. The van der Waals surface area contributed by atoms with E-state index in [0.717, 1.165) is 30.9 Å². The first-order chi connectivity index (χ1) is 11.1. The van der Waals surface area contributed by atoms with E-state index in [1.54, 1.807) is 18.2 Å². The molecule has 1 aromatic heterocycles. The quantitative estimate of drug-likeness (QED) is 0.919. The molecule has 5 nitrogen and oxygen atoms in total. The highest BCUT2D eigenvalue weighted by Gasteiger charge is 2.23. The summed E-state index contributed by atoms with van der Waals surface area (Å²) in [4.78, 5) is 14.1. The predicted octanol–water partition coefficient (Wildman–Crippen LogP) is 2.31. The van der Waals surface area contributed by atoms with Crippen LogP contribution in [-0.4, -0.2) is 30.7 Å². The molecule has 0 radical (unpaired) electrons. The minimum atomic E-state index is -0.223. The largest absolute Gasteiger partial charge is 0.371 e. The van der Waals surface area contributed by atoms with Gasteiger partial charge in [-0.05, 0) is 43.5 Å². The van der Waals surface area contributed by atoms with E-state index in [2.05, 4.69) is 15.4 Å². The monoisotopic (exact) mass is 317 g/mol. The van der Waals surface area contributed by atoms with Gasteiger partial charge in [-0.25, -0.2) is 4.39 Å². The maximum Gasteiger partial charge on any atom is 0.227 e. The van der Waals surface area contributed by atoms with Gasteiger partial charge >= 0.3 is 0 Å². The maximum atomic E-state index is 13.0. The number of hydrogen-bond acceptors (Lipinski definition) is 4. The van der Waals surface area contributed by atoms with Crippen molar-refractivity contribution in [3.63, 3.8) is 0 Å². The number of amides is 1. The van der Waals surface area contributed by atoms with E-state index < -0.39 is 0 Å². The fourth-order valence-corrected chi connectivity index (χ4v) is 2.86. The number of halogens is 1. The van der Waals surface area contributed by atoms with Crippen molar-refractivity contribution >= 4 is 11.6 Å². The molecule has 1 N–H and O–H groups in total. The van der Waals surface area contributed by atoms with Crippen LogP contribution >= 0.6 is 0 Å². The molecule has 0 unspecified atom stereocenters. The third-order valence-electron chi connectivity index (χ3n) is 4.08. The smallest absolute Gasteiger partial charge is 0.227 e. The zero-order valence-electron chi connectivity index (χ0n) is 13.1. The Kier molecular flexibility index (Phi) is 4.60. The van der Waals surface area contributed by atoms with Crippen LogP contribution in [0.25, 0.3) is 0 Å². The van der Waals surface area contributed by atoms with E-state index in [4.69, 9.17) is 4.52 Å². The Morgan fingerprint density at radius 1 is 1.43 bits per heavy atom. The van der Waals surface area contributed by atoms with Crippen LogP contribution in [0.15, 0.2) is 34.9 Å². The molecule has 122 valence electrons. The van der Waals surface area contributed by atoms with Crippen LogP contribution in [0, 0.1) is 18.7 Å². The Hall–Kier alpha value is -2.37. The molecular formula is C17H20FN3O2. The van der Waals surface area contributed by atoms with Crippen LogP contribution in [0.3, 0.4) is 0 Å². The molecule has 23 heavy (non-hydrogen) atoms. The van der Waals surface area contributed by atoms with Gasteiger partial charge < -0.3 is 14.7 Å². The lowest BCUT2D eigenvalue weighted by atomic mass is 10.1. The third-order valence-corrected chi connectivity index (χ3v) is 4.08. The summed E-state index contributed by atoms with van der Waals surface area (Å²) in [5, 5.41) is 6.72. The standard InChI is InChI=1S/C17H20FN3O2/c1-12-8-16(23-20-12)9-17(22)19-10-13-6-7-21(11-13)15-4-2-14(18)3-5-15/h2-5,8,13H,6-7,9-11H2,1H3,(H,19,22)/t13-/m0/s1. The summed E-state index contributed by atoms with van der Waals surface area (Å²) in [5.41, 5.74) is 1.80. The second-order valence-corrected chi connectivity index (χ2v) is 5.99. The molecule has 1 saturated heterocycles. The van der Waals surface area contributed by atoms with E-state index >= 15 is 0 Å². The van der Waals surface area contributed by atoms with Crippen LogP contribution in [0.5, 0.6) is 0 Å². The van der Waals surface area contributed by atoms with Gasteiger partial charge in [-0.1, -0.05) is 5.16 Å². The van der Waals surface area contributed by atoms with Crippen LogP contribution in [0.1, 0.15) is 17.9 Å². The molecule has 0 saturated carbocycles. The summed E-state index contributed by atoms with van der Waals surface area (Å²) in [6.45, 7) is 4.26. The fourth-order valence-electron chi connectivity index (χ4n) is 2.86. The van der Waals surface area contributed by atoms with Crippen molar-refractivity contribution in [2.75, 3.05) is 24.5 Å². The molecule has 6 heteroatoms. The lowest BCUT2D eigenvalue weighted by Crippen LogP contribution is -2.31. The molecule has 1 atom stereocenters. The SMILES string of the molecule is Cc1cc(CC(=O)NC[C@@H]2CCN(c3ccc(F)cc3)C2)on1. The number of aromatic nitrogens is 1. The average Bonchev–Trinajstić information content (AvgIpc) is 3.15. The van der Waals surface area contributed by atoms with E-state index in [9.17, 15) is 9.18 Å². The van der Waals surface area contributed by atoms with Crippen molar-refractivity contribution in [1.29, 1.82) is 0 Å². The number of rotatable bonds is 5. The number of hydrogen-bond donors (Lipinski definition) is 1. The summed E-state index contributed by atoms with van der Waals surface area (Å²) in [6.07, 6.45) is 1.23. The highest BCUT2D eigenvalue weighted by molar-refractivity contribution is 5.77. The van der Waals surface area contributed by atoms with Gasteiger partial charge in [-0.3, -0.25) is 4.79 Å². The normalized spacial score (nSPS) is 17.5. The number of carbonyl (C=O) groups excluding carboxylic acids is 1. The van der Waals surface area contributed by atoms with E-state index in [1.165, 1.54) is 12.1 Å². The third kappa shape index (κ3) is 4.09. The minimum absolute atomic E-state index is 0.0543. The molecule has 0 spiro atoms. The molecule has 1 fully saturated rings. The van der Waals surface area contributed by atoms with Crippen molar-refractivity contribution < 1.29 is 13.7 Å². The Labute approximate surface area is 134 Å². The molecule has 0 aliphatic carbocycles. The Balaban J connectivity index is 1.44. The van der Waals surface area contributed by atoms with Gasteiger partial charge in [0.25, 0.3) is 0 Å². The van der Waals surface area contributed by atoms with Gasteiger partial charge in [-0.2, -0.15) is 0 Å². The minimum Gasteiger partial charge on any atom is -0.371 e. The first-order valence-corrected chi connectivity index (χ1v) is 7.79. The first-order valence-electron chi connectivity index (χ1n) is 7.79. The number of aryl methyl sites for hydroxylation is 1. The lowest BCUT2D eigenvalue weighted by molar-refractivity contribution is -0.120. The van der Waals surface area contributed by atoms with Gasteiger partial charge in [0, 0.05) is 31.4 Å². The van der Waals surface area contributed by atoms with E-state index in [0.29, 0.717) is 18.2 Å². The van der Waals surface area contributed by atoms with Gasteiger partial charge in [0.1, 0.15) is 11.6 Å². The van der Waals surface area contributed by atoms with Crippen LogP contribution in [0.2, 0.25) is 0 Å². The second kappa shape index (κ2) is 6.81. The summed E-state index contributed by atoms with van der Waals surface area (Å²) in [6, 6.07) is 8.31. The number of nitrogens with zero attached hydrogens (tertiary/aromatic N) is 2. The molecule has 1 aromatic carbocycles. The maximum absolute atomic E-state index is 13.0. The van der Waals surface area contributed by atoms with Crippen molar-refractivity contribution in [1.82, 2.24) is 10.5 Å². The molecule has 1 aliphatic rings. The predicted molar refractivity (Wildman–Crippen MR) is 84.7 cm³/mol. The molecule has 2 heterocycles. The average molecular weight is 317 g/mol. The summed E-state index contributed by atoms with van der Waals surface area (Å²) < 4.78 is 18.0. The zero-order valence-corrected chi connectivity index (χ0v) is 13.1. The van der Waals surface area contributed by atoms with Crippen molar-refractivity contribution in [3.05, 3.63) is 47.6 Å². The van der Waals surface area contributed by atoms with Gasteiger partial charge in [0.2, 0.25) is 5.91 Å². The van der Waals surface area contributed by atoms with Crippen LogP contribution in [-0.2, 0) is 11.2 Å². The summed E-state index contributed by atoms with van der Waals surface area (Å²) in [5.74, 6) is 0.709. The van der Waals surface area contributed by atoms with E-state index in [-0.39, 0.29) is 18.1 Å². The van der Waals surface area contributed by atoms with Crippen molar-refractivity contribution in [3.8, 4) is 0 Å². The summed E-state index contributed by atoms with van der Waals surface area (Å²) >= 11 is 0. The number of anilines is 1. The van der Waals surface area contributed by atoms with Crippen molar-refractivity contribution in [2.45, 2.75) is 19.8 Å². The fraction of sp³-hybridized carbons (Fsp3) is 0.412. The van der Waals surface area contributed by atoms with Crippen molar-refractivity contribution in [2.24, 2.45) is 5.92 Å². The van der Waals surface area contributed by atoms with Crippen LogP contribution < -0.4 is 10.2 Å². The Bertz CT molecular complexity index is 669. The zero-order chi connectivity index (χ0) is 16.2. The van der Waals surface area contributed by atoms with Gasteiger partial charge in [0.15, 0.2) is 0 Å². The summed E-state index contributed by atoms with van der Waals surface area (Å²) in [7, 11) is 0. The highest BCUT2D eigenvalue weighted by Crippen LogP contribution is 2.23.